The molecular weight excluding hydrogens is 154 g/mol. The average molecular weight is 165 g/mol. The lowest BCUT2D eigenvalue weighted by Crippen LogP contribution is -2.30. The number of sulfone groups is 1. The third-order valence-corrected chi connectivity index (χ3v) is 3.41. The first-order chi connectivity index (χ1) is 4.64. The zero-order valence-electron chi connectivity index (χ0n) is 5.62. The Morgan fingerprint density at radius 3 is 2.20 bits per heavy atom. The van der Waals surface area contributed by atoms with Gasteiger partial charge in [-0.1, -0.05) is 0 Å². The lowest BCUT2D eigenvalue weighted by atomic mass is 10.2. The Bertz CT molecular complexity index is 185. The molecule has 0 aliphatic carbocycles. The molecule has 0 unspecified atom stereocenters. The van der Waals surface area contributed by atoms with Gasteiger partial charge in [0.2, 0.25) is 0 Å². The predicted molar refractivity (Wildman–Crippen MR) is 36.9 cm³/mol. The van der Waals surface area contributed by atoms with Crippen molar-refractivity contribution in [2.45, 2.75) is 18.9 Å². The summed E-state index contributed by atoms with van der Waals surface area (Å²) < 4.78 is 21.6. The van der Waals surface area contributed by atoms with Gasteiger partial charge in [0.25, 0.3) is 0 Å². The van der Waals surface area contributed by atoms with Crippen LogP contribution >= 0.6 is 0 Å². The van der Waals surface area contributed by atoms with Crippen LogP contribution in [0, 0.1) is 0 Å². The van der Waals surface area contributed by atoms with E-state index in [0.717, 1.165) is 0 Å². The Hall–Kier alpha value is -0.130. The molecule has 0 spiro atoms. The van der Waals surface area contributed by atoms with Gasteiger partial charge in [-0.25, -0.2) is 14.3 Å². The van der Waals surface area contributed by atoms with Crippen molar-refractivity contribution >= 4 is 9.84 Å². The molecule has 2 N–H and O–H groups in total. The van der Waals surface area contributed by atoms with Gasteiger partial charge in [-0.05, 0) is 12.8 Å². The Labute approximate surface area is 60.2 Å². The first kappa shape index (κ1) is 7.97. The lowest BCUT2D eigenvalue weighted by molar-refractivity contribution is 0.0469. The number of hydrogen-bond donors (Lipinski definition) is 1. The molecule has 0 aromatic carbocycles. The zero-order valence-corrected chi connectivity index (χ0v) is 6.43. The van der Waals surface area contributed by atoms with Crippen LogP contribution in [0.3, 0.4) is 0 Å². The van der Waals surface area contributed by atoms with Gasteiger partial charge in [0.15, 0.2) is 9.84 Å². The fraction of sp³-hybridized carbons (Fsp3) is 1.00. The molecule has 0 bridgehead atoms. The fourth-order valence-electron chi connectivity index (χ4n) is 1.00. The maximum atomic E-state index is 10.8. The Balaban J connectivity index is 2.46. The van der Waals surface area contributed by atoms with E-state index >= 15 is 0 Å². The summed E-state index contributed by atoms with van der Waals surface area (Å²) in [6.07, 6.45) is 1.03. The third kappa shape index (κ3) is 1.93. The molecule has 0 amide bonds. The lowest BCUT2D eigenvalue weighted by Gasteiger charge is -2.18. The monoisotopic (exact) mass is 165 g/mol. The minimum absolute atomic E-state index is 0.0523. The van der Waals surface area contributed by atoms with E-state index in [2.05, 4.69) is 4.84 Å². The molecule has 4 nitrogen and oxygen atoms in total. The zero-order chi connectivity index (χ0) is 7.61. The molecule has 1 heterocycles. The van der Waals surface area contributed by atoms with Crippen molar-refractivity contribution in [3.8, 4) is 0 Å². The summed E-state index contributed by atoms with van der Waals surface area (Å²) in [5, 5.41) is 0. The molecule has 1 fully saturated rings. The smallest absolute Gasteiger partial charge is 0.150 e. The number of rotatable bonds is 1. The molecule has 10 heavy (non-hydrogen) atoms. The van der Waals surface area contributed by atoms with Crippen molar-refractivity contribution in [1.82, 2.24) is 0 Å². The predicted octanol–water partition coefficient (Wildman–Crippen LogP) is -0.546. The molecule has 1 aliphatic rings. The van der Waals surface area contributed by atoms with Gasteiger partial charge in [0.1, 0.15) is 0 Å². The molecule has 1 rings (SSSR count). The van der Waals surface area contributed by atoms with Crippen LogP contribution in [-0.4, -0.2) is 26.0 Å². The number of nitrogens with two attached hydrogens (primary N) is 1. The molecule has 0 aromatic heterocycles. The molecule has 0 saturated carbocycles. The molecule has 0 radical (unpaired) electrons. The van der Waals surface area contributed by atoms with E-state index in [4.69, 9.17) is 5.90 Å². The van der Waals surface area contributed by atoms with Crippen molar-refractivity contribution in [2.24, 2.45) is 5.90 Å². The highest BCUT2D eigenvalue weighted by atomic mass is 32.2. The second-order valence-corrected chi connectivity index (χ2v) is 4.79. The molecule has 1 saturated heterocycles. The molecule has 5 heteroatoms. The first-order valence-corrected chi connectivity index (χ1v) is 5.02. The van der Waals surface area contributed by atoms with Crippen LogP contribution in [-0.2, 0) is 14.7 Å². The van der Waals surface area contributed by atoms with Gasteiger partial charge in [-0.2, -0.15) is 0 Å². The van der Waals surface area contributed by atoms with Crippen molar-refractivity contribution in [2.75, 3.05) is 11.5 Å². The quantitative estimate of drug-likeness (QED) is 0.529. The van der Waals surface area contributed by atoms with Crippen LogP contribution in [0.2, 0.25) is 0 Å². The van der Waals surface area contributed by atoms with Crippen LogP contribution in [0.5, 0.6) is 0 Å². The maximum absolute atomic E-state index is 10.8. The average Bonchev–Trinajstić information content (AvgIpc) is 1.88. The topological polar surface area (TPSA) is 69.4 Å². The van der Waals surface area contributed by atoms with Crippen LogP contribution in [0.1, 0.15) is 12.8 Å². The minimum atomic E-state index is -2.76. The Morgan fingerprint density at radius 2 is 1.80 bits per heavy atom. The highest BCUT2D eigenvalue weighted by Gasteiger charge is 2.23. The normalized spacial score (nSPS) is 26.5. The Kier molecular flexibility index (Phi) is 2.28. The van der Waals surface area contributed by atoms with Gasteiger partial charge < -0.3 is 4.84 Å². The van der Waals surface area contributed by atoms with Crippen molar-refractivity contribution in [1.29, 1.82) is 0 Å². The molecule has 0 atom stereocenters. The van der Waals surface area contributed by atoms with Gasteiger partial charge >= 0.3 is 0 Å². The minimum Gasteiger partial charge on any atom is -0.301 e. The second-order valence-electron chi connectivity index (χ2n) is 2.49. The van der Waals surface area contributed by atoms with Gasteiger partial charge in [0, 0.05) is 0 Å². The highest BCUT2D eigenvalue weighted by molar-refractivity contribution is 7.91. The number of hydrogen-bond acceptors (Lipinski definition) is 4. The summed E-state index contributed by atoms with van der Waals surface area (Å²) in [6, 6.07) is 0. The van der Waals surface area contributed by atoms with E-state index in [1.807, 2.05) is 0 Å². The van der Waals surface area contributed by atoms with E-state index < -0.39 is 9.84 Å². The largest absolute Gasteiger partial charge is 0.301 e. The standard InChI is InChI=1S/C5H11NO3S/c6-9-5-1-3-10(7,8)4-2-5/h5H,1-4,6H2. The third-order valence-electron chi connectivity index (χ3n) is 1.69. The molecular formula is C5H11NO3S. The highest BCUT2D eigenvalue weighted by Crippen LogP contribution is 2.13. The van der Waals surface area contributed by atoms with Gasteiger partial charge in [-0.3, -0.25) is 0 Å². The maximum Gasteiger partial charge on any atom is 0.150 e. The van der Waals surface area contributed by atoms with Crippen molar-refractivity contribution in [3.63, 3.8) is 0 Å². The molecule has 60 valence electrons. The first-order valence-electron chi connectivity index (χ1n) is 3.20. The van der Waals surface area contributed by atoms with E-state index in [0.29, 0.717) is 12.8 Å². The van der Waals surface area contributed by atoms with Crippen molar-refractivity contribution in [3.05, 3.63) is 0 Å². The summed E-state index contributed by atoms with van der Waals surface area (Å²) in [5.41, 5.74) is 0. The van der Waals surface area contributed by atoms with Crippen LogP contribution in [0.4, 0.5) is 0 Å². The molecule has 1 aliphatic heterocycles. The van der Waals surface area contributed by atoms with E-state index in [1.165, 1.54) is 0 Å². The Morgan fingerprint density at radius 1 is 1.30 bits per heavy atom. The van der Waals surface area contributed by atoms with Crippen LogP contribution in [0.25, 0.3) is 0 Å². The summed E-state index contributed by atoms with van der Waals surface area (Å²) in [7, 11) is -2.76. The van der Waals surface area contributed by atoms with Crippen LogP contribution < -0.4 is 5.90 Å². The summed E-state index contributed by atoms with van der Waals surface area (Å²) in [5.74, 6) is 5.33. The van der Waals surface area contributed by atoms with E-state index in [1.54, 1.807) is 0 Å². The van der Waals surface area contributed by atoms with Gasteiger partial charge in [0.05, 0.1) is 17.6 Å². The van der Waals surface area contributed by atoms with E-state index in [9.17, 15) is 8.42 Å². The molecule has 0 aromatic rings. The van der Waals surface area contributed by atoms with Gasteiger partial charge in [-0.15, -0.1) is 0 Å². The van der Waals surface area contributed by atoms with Crippen LogP contribution in [0.15, 0.2) is 0 Å². The SMILES string of the molecule is NOC1CCS(=O)(=O)CC1. The summed E-state index contributed by atoms with van der Waals surface area (Å²) in [6.45, 7) is 0. The summed E-state index contributed by atoms with van der Waals surface area (Å²) >= 11 is 0. The second kappa shape index (κ2) is 2.86. The fourth-order valence-corrected chi connectivity index (χ4v) is 2.45. The summed E-state index contributed by atoms with van der Waals surface area (Å²) in [4.78, 5) is 4.52. The van der Waals surface area contributed by atoms with E-state index in [-0.39, 0.29) is 17.6 Å². The van der Waals surface area contributed by atoms with Crippen molar-refractivity contribution < 1.29 is 13.3 Å².